The van der Waals surface area contributed by atoms with Gasteiger partial charge < -0.3 is 53.6 Å². The summed E-state index contributed by atoms with van der Waals surface area (Å²) in [6.07, 6.45) is 5.40. The van der Waals surface area contributed by atoms with E-state index in [1.54, 1.807) is 19.1 Å². The molecule has 5 amide bonds. The number of likely N-dealkylation sites (tertiary alicyclic amines) is 1. The molecule has 7 atom stereocenters. The zero-order chi connectivity index (χ0) is 43.4. The molecule has 1 aliphatic rings. The van der Waals surface area contributed by atoms with Crippen LogP contribution in [-0.4, -0.2) is 120 Å². The summed E-state index contributed by atoms with van der Waals surface area (Å²) >= 11 is 0. The summed E-state index contributed by atoms with van der Waals surface area (Å²) in [7, 11) is 1.88. The summed E-state index contributed by atoms with van der Waals surface area (Å²) in [5.41, 5.74) is 18.8. The number of nitrogens with one attached hydrogen (secondary N) is 5. The van der Waals surface area contributed by atoms with Crippen molar-refractivity contribution in [2.75, 3.05) is 26.7 Å². The van der Waals surface area contributed by atoms with Crippen molar-refractivity contribution in [2.24, 2.45) is 34.0 Å². The van der Waals surface area contributed by atoms with Gasteiger partial charge in [-0.15, -0.1) is 0 Å². The molecule has 18 heteroatoms. The minimum atomic E-state index is -1.20. The molecule has 0 radical (unpaired) electrons. The molecule has 1 fully saturated rings. The number of unbranched alkanes of at least 4 members (excludes halogenated alkanes) is 2. The van der Waals surface area contributed by atoms with Gasteiger partial charge in [-0.05, 0) is 88.1 Å². The number of benzene rings is 1. The number of hydrogen-bond acceptors (Lipinski definition) is 11. The molecular weight excluding hydrogens is 749 g/mol. The molecule has 0 aliphatic carbocycles. The summed E-state index contributed by atoms with van der Waals surface area (Å²) < 4.78 is 0. The number of amides is 5. The second kappa shape index (κ2) is 25.5. The molecule has 58 heavy (non-hydrogen) atoms. The Hall–Kier alpha value is -4.81. The largest absolute Gasteiger partial charge is 0.508 e. The van der Waals surface area contributed by atoms with Crippen LogP contribution in [0.15, 0.2) is 29.3 Å². The van der Waals surface area contributed by atoms with Crippen molar-refractivity contribution in [2.45, 2.75) is 135 Å². The van der Waals surface area contributed by atoms with Crippen LogP contribution < -0.4 is 43.8 Å². The average molecular weight is 817 g/mol. The van der Waals surface area contributed by atoms with Crippen LogP contribution in [0.3, 0.4) is 0 Å². The van der Waals surface area contributed by atoms with Crippen molar-refractivity contribution >= 4 is 41.5 Å². The molecule has 2 rings (SSSR count). The molecule has 1 aromatic rings. The maximum absolute atomic E-state index is 14.0. The number of aliphatic carboxylic acids is 1. The molecule has 0 bridgehead atoms. The number of nitrogens with two attached hydrogens (primary N) is 3. The molecule has 0 saturated carbocycles. The Bertz CT molecular complexity index is 1530. The number of carbonyl (C=O) groups excluding carboxylic acids is 5. The minimum Gasteiger partial charge on any atom is -0.508 e. The van der Waals surface area contributed by atoms with Gasteiger partial charge in [-0.25, -0.2) is 4.79 Å². The van der Waals surface area contributed by atoms with E-state index in [1.165, 1.54) is 17.0 Å². The summed E-state index contributed by atoms with van der Waals surface area (Å²) in [5.74, 6) is -4.43. The van der Waals surface area contributed by atoms with E-state index in [0.29, 0.717) is 37.7 Å². The molecule has 1 saturated heterocycles. The lowest BCUT2D eigenvalue weighted by molar-refractivity contribution is -0.143. The standard InChI is InChI=1S/C40H68N10O8/c1-6-25(4)33(37(55)47-31(39(57)58)22-24(2)3)48-35(53)30(23-26-15-17-27(51)18-16-26)46-36(54)32-14-11-21-50(32)38(56)29(42)13-10-20-45-40(43)49-34(52)28(41)12-8-7-9-19-44-5/h15-18,24-25,28-33,44,51H,6-14,19-23,41-42H2,1-5H3,(H,46,54)(H,47,55)(H,48,53)(H,57,58)(H3,43,45,49,52)/t25-,28-,29-,30-,31-,32-,33-/m0/s1. The first-order chi connectivity index (χ1) is 27.5. The topological polar surface area (TPSA) is 297 Å². The number of carboxylic acids is 1. The van der Waals surface area contributed by atoms with Crippen molar-refractivity contribution in [3.8, 4) is 5.75 Å². The molecule has 13 N–H and O–H groups in total. The fraction of sp³-hybridized carbons (Fsp3) is 0.675. The molecule has 0 aromatic heterocycles. The third kappa shape index (κ3) is 17.0. The summed E-state index contributed by atoms with van der Waals surface area (Å²) in [6, 6.07) is 0.0607. The Morgan fingerprint density at radius 2 is 1.55 bits per heavy atom. The van der Waals surface area contributed by atoms with Crippen molar-refractivity contribution in [3.05, 3.63) is 29.8 Å². The van der Waals surface area contributed by atoms with Crippen molar-refractivity contribution < 1.29 is 39.0 Å². The van der Waals surface area contributed by atoms with E-state index in [0.717, 1.165) is 25.8 Å². The SMILES string of the molecule is CC[C@H](C)[C@H](NC(=O)[C@H](Cc1ccc(O)cc1)NC(=O)[C@@H]1CCCN1C(=O)[C@@H](N)CCCN=C(N)NC(=O)[C@@H](N)CCCCCNC)C(=O)N[C@@H](CC(C)C)C(=O)O. The zero-order valence-electron chi connectivity index (χ0n) is 34.8. The monoisotopic (exact) mass is 817 g/mol. The van der Waals surface area contributed by atoms with Crippen LogP contribution in [0, 0.1) is 11.8 Å². The van der Waals surface area contributed by atoms with Gasteiger partial charge in [0.05, 0.1) is 12.1 Å². The normalized spacial score (nSPS) is 17.4. The van der Waals surface area contributed by atoms with Crippen molar-refractivity contribution in [3.63, 3.8) is 0 Å². The van der Waals surface area contributed by atoms with Gasteiger partial charge in [0.1, 0.15) is 29.9 Å². The maximum atomic E-state index is 14.0. The molecule has 1 aromatic carbocycles. The molecule has 18 nitrogen and oxygen atoms in total. The molecule has 1 aliphatic heterocycles. The third-order valence-electron chi connectivity index (χ3n) is 10.3. The van der Waals surface area contributed by atoms with Gasteiger partial charge in [0.15, 0.2) is 5.96 Å². The lowest BCUT2D eigenvalue weighted by atomic mass is 9.96. The fourth-order valence-corrected chi connectivity index (χ4v) is 6.64. The van der Waals surface area contributed by atoms with Crippen LogP contribution in [0.2, 0.25) is 0 Å². The van der Waals surface area contributed by atoms with E-state index in [1.807, 2.05) is 27.8 Å². The van der Waals surface area contributed by atoms with Gasteiger partial charge >= 0.3 is 5.97 Å². The molecular formula is C40H68N10O8. The predicted molar refractivity (Wildman–Crippen MR) is 221 cm³/mol. The predicted octanol–water partition coefficient (Wildman–Crippen LogP) is 0.202. The number of phenolic OH excluding ortho intramolecular Hbond substituents is 1. The number of carboxylic acid groups (broad SMARTS) is 1. The summed E-state index contributed by atoms with van der Waals surface area (Å²) in [4.78, 5) is 84.6. The average Bonchev–Trinajstić information content (AvgIpc) is 3.68. The number of guanidine groups is 1. The van der Waals surface area contributed by atoms with Crippen LogP contribution in [0.5, 0.6) is 5.75 Å². The highest BCUT2D eigenvalue weighted by atomic mass is 16.4. The van der Waals surface area contributed by atoms with Gasteiger partial charge in [-0.2, -0.15) is 0 Å². The second-order valence-corrected chi connectivity index (χ2v) is 15.6. The third-order valence-corrected chi connectivity index (χ3v) is 10.3. The number of rotatable bonds is 25. The van der Waals surface area contributed by atoms with Gasteiger partial charge in [-0.1, -0.05) is 59.1 Å². The van der Waals surface area contributed by atoms with Crippen LogP contribution >= 0.6 is 0 Å². The lowest BCUT2D eigenvalue weighted by Gasteiger charge is -2.30. The smallest absolute Gasteiger partial charge is 0.326 e. The number of nitrogens with zero attached hydrogens (tertiary/aromatic N) is 2. The number of carbonyl (C=O) groups is 6. The second-order valence-electron chi connectivity index (χ2n) is 15.6. The van der Waals surface area contributed by atoms with Crippen molar-refractivity contribution in [1.82, 2.24) is 31.5 Å². The highest BCUT2D eigenvalue weighted by Crippen LogP contribution is 2.20. The van der Waals surface area contributed by atoms with E-state index in [-0.39, 0.29) is 55.9 Å². The number of hydrogen-bond donors (Lipinski definition) is 10. The molecule has 326 valence electrons. The van der Waals surface area contributed by atoms with Crippen LogP contribution in [0.1, 0.15) is 97.5 Å². The number of aliphatic imine (C=N–C) groups is 1. The maximum Gasteiger partial charge on any atom is 0.326 e. The van der Waals surface area contributed by atoms with Gasteiger partial charge in [0.25, 0.3) is 0 Å². The van der Waals surface area contributed by atoms with Crippen LogP contribution in [-0.2, 0) is 35.2 Å². The van der Waals surface area contributed by atoms with E-state index in [2.05, 4.69) is 31.6 Å². The van der Waals surface area contributed by atoms with Gasteiger partial charge in [-0.3, -0.25) is 34.3 Å². The zero-order valence-corrected chi connectivity index (χ0v) is 34.8. The Balaban J connectivity index is 2.10. The Kier molecular flexibility index (Phi) is 21.7. The van der Waals surface area contributed by atoms with E-state index < -0.39 is 71.8 Å². The Labute approximate surface area is 342 Å². The first-order valence-electron chi connectivity index (χ1n) is 20.5. The minimum absolute atomic E-state index is 0.00895. The Morgan fingerprint density at radius 3 is 2.17 bits per heavy atom. The summed E-state index contributed by atoms with van der Waals surface area (Å²) in [5, 5.41) is 33.2. The van der Waals surface area contributed by atoms with Crippen LogP contribution in [0.25, 0.3) is 0 Å². The highest BCUT2D eigenvalue weighted by Gasteiger charge is 2.38. The first kappa shape index (κ1) is 49.3. The van der Waals surface area contributed by atoms with E-state index in [9.17, 15) is 39.0 Å². The van der Waals surface area contributed by atoms with Gasteiger partial charge in [0.2, 0.25) is 29.5 Å². The molecule has 0 unspecified atom stereocenters. The van der Waals surface area contributed by atoms with E-state index in [4.69, 9.17) is 17.2 Å². The highest BCUT2D eigenvalue weighted by molar-refractivity contribution is 5.98. The number of phenols is 1. The fourth-order valence-electron chi connectivity index (χ4n) is 6.64. The lowest BCUT2D eigenvalue weighted by Crippen LogP contribution is -2.59. The molecule has 1 heterocycles. The van der Waals surface area contributed by atoms with Gasteiger partial charge in [0, 0.05) is 19.5 Å². The first-order valence-corrected chi connectivity index (χ1v) is 20.5. The quantitative estimate of drug-likeness (QED) is 0.0360. The van der Waals surface area contributed by atoms with Crippen LogP contribution in [0.4, 0.5) is 0 Å². The molecule has 0 spiro atoms. The Morgan fingerprint density at radius 1 is 0.879 bits per heavy atom. The van der Waals surface area contributed by atoms with E-state index >= 15 is 0 Å². The summed E-state index contributed by atoms with van der Waals surface area (Å²) in [6.45, 7) is 8.64. The van der Waals surface area contributed by atoms with Crippen molar-refractivity contribution in [1.29, 1.82) is 0 Å². The number of aromatic hydroxyl groups is 1.